The number of rotatable bonds is 4. The van der Waals surface area contributed by atoms with Gasteiger partial charge >= 0.3 is 0 Å². The van der Waals surface area contributed by atoms with Crippen molar-refractivity contribution in [2.75, 3.05) is 13.7 Å². The van der Waals surface area contributed by atoms with Crippen molar-refractivity contribution in [2.24, 2.45) is 0 Å². The molecule has 0 saturated carbocycles. The Bertz CT molecular complexity index is 589. The van der Waals surface area contributed by atoms with Gasteiger partial charge in [0.2, 0.25) is 10.0 Å². The van der Waals surface area contributed by atoms with E-state index in [0.717, 1.165) is 31.2 Å². The predicted molar refractivity (Wildman–Crippen MR) is 84.4 cm³/mol. The predicted octanol–water partition coefficient (Wildman–Crippen LogP) is 3.39. The van der Waals surface area contributed by atoms with Crippen molar-refractivity contribution in [3.63, 3.8) is 0 Å². The van der Waals surface area contributed by atoms with E-state index in [1.165, 1.54) is 7.11 Å². The van der Waals surface area contributed by atoms with Crippen LogP contribution in [0.5, 0.6) is 5.75 Å². The van der Waals surface area contributed by atoms with Crippen LogP contribution in [0.25, 0.3) is 0 Å². The number of sulfonamides is 1. The number of halogens is 1. The first-order chi connectivity index (χ1) is 10.0. The number of ether oxygens (including phenoxy) is 1. The highest BCUT2D eigenvalue weighted by molar-refractivity contribution is 7.89. The van der Waals surface area contributed by atoms with Crippen LogP contribution < -0.4 is 4.74 Å². The fourth-order valence-corrected chi connectivity index (χ4v) is 4.74. The molecule has 21 heavy (non-hydrogen) atoms. The molecule has 1 heterocycles. The lowest BCUT2D eigenvalue weighted by Gasteiger charge is -2.27. The Morgan fingerprint density at radius 1 is 1.33 bits per heavy atom. The lowest BCUT2D eigenvalue weighted by atomic mass is 10.1. The van der Waals surface area contributed by atoms with Crippen LogP contribution in [0.15, 0.2) is 23.1 Å². The van der Waals surface area contributed by atoms with Crippen LogP contribution in [0.4, 0.5) is 0 Å². The summed E-state index contributed by atoms with van der Waals surface area (Å²) in [4.78, 5) is 0.229. The van der Waals surface area contributed by atoms with Crippen LogP contribution >= 0.6 is 11.6 Å². The van der Waals surface area contributed by atoms with Crippen molar-refractivity contribution in [3.8, 4) is 5.75 Å². The second-order valence-electron chi connectivity index (χ2n) is 5.43. The van der Waals surface area contributed by atoms with E-state index in [-0.39, 0.29) is 10.9 Å². The molecule has 0 aliphatic carbocycles. The first-order valence-electron chi connectivity index (χ1n) is 7.25. The number of hydrogen-bond acceptors (Lipinski definition) is 3. The van der Waals surface area contributed by atoms with E-state index in [9.17, 15) is 8.42 Å². The quantitative estimate of drug-likeness (QED) is 0.794. The van der Waals surface area contributed by atoms with E-state index >= 15 is 0 Å². The number of nitrogens with zero attached hydrogens (tertiary/aromatic N) is 1. The van der Waals surface area contributed by atoms with E-state index in [1.54, 1.807) is 22.5 Å². The van der Waals surface area contributed by atoms with Crippen molar-refractivity contribution in [2.45, 2.75) is 49.4 Å². The van der Waals surface area contributed by atoms with Crippen LogP contribution in [0, 0.1) is 0 Å². The molecule has 1 fully saturated rings. The smallest absolute Gasteiger partial charge is 0.246 e. The Balaban J connectivity index is 2.42. The molecule has 1 aliphatic heterocycles. The minimum atomic E-state index is -3.54. The molecule has 0 spiro atoms. The van der Waals surface area contributed by atoms with Crippen LogP contribution in [0.3, 0.4) is 0 Å². The van der Waals surface area contributed by atoms with Crippen LogP contribution in [-0.2, 0) is 15.9 Å². The highest BCUT2D eigenvalue weighted by atomic mass is 35.5. The third-order valence-corrected chi connectivity index (χ3v) is 6.32. The van der Waals surface area contributed by atoms with Gasteiger partial charge in [0.15, 0.2) is 0 Å². The van der Waals surface area contributed by atoms with Crippen molar-refractivity contribution in [1.82, 2.24) is 4.31 Å². The highest BCUT2D eigenvalue weighted by Crippen LogP contribution is 2.31. The molecule has 6 heteroatoms. The minimum absolute atomic E-state index is 0.0231. The first kappa shape index (κ1) is 16.6. The van der Waals surface area contributed by atoms with Crippen LogP contribution in [0.1, 0.15) is 38.2 Å². The van der Waals surface area contributed by atoms with E-state index in [1.807, 2.05) is 6.92 Å². The zero-order valence-electron chi connectivity index (χ0n) is 12.5. The van der Waals surface area contributed by atoms with Crippen molar-refractivity contribution in [3.05, 3.63) is 23.8 Å². The second kappa shape index (κ2) is 6.99. The zero-order chi connectivity index (χ0) is 15.5. The average Bonchev–Trinajstić information content (AvgIpc) is 2.71. The van der Waals surface area contributed by atoms with E-state index < -0.39 is 10.0 Å². The molecule has 4 nitrogen and oxygen atoms in total. The molecule has 0 N–H and O–H groups in total. The third-order valence-electron chi connectivity index (χ3n) is 3.96. The Kier molecular flexibility index (Phi) is 5.52. The highest BCUT2D eigenvalue weighted by Gasteiger charge is 2.32. The molecule has 0 radical (unpaired) electrons. The summed E-state index contributed by atoms with van der Waals surface area (Å²) in [6.07, 6.45) is 3.97. The molecule has 1 aliphatic rings. The van der Waals surface area contributed by atoms with Gasteiger partial charge in [-0.2, -0.15) is 4.31 Å². The second-order valence-corrected chi connectivity index (χ2v) is 7.56. The van der Waals surface area contributed by atoms with Gasteiger partial charge in [0.05, 0.1) is 7.11 Å². The van der Waals surface area contributed by atoms with Gasteiger partial charge < -0.3 is 4.74 Å². The summed E-state index contributed by atoms with van der Waals surface area (Å²) in [7, 11) is -2.05. The summed E-state index contributed by atoms with van der Waals surface area (Å²) >= 11 is 5.80. The van der Waals surface area contributed by atoms with Gasteiger partial charge in [-0.05, 0) is 37.5 Å². The normalized spacial score (nSPS) is 21.0. The molecule has 1 atom stereocenters. The Hall–Kier alpha value is -0.780. The van der Waals surface area contributed by atoms with Gasteiger partial charge in [0.25, 0.3) is 0 Å². The fourth-order valence-electron chi connectivity index (χ4n) is 2.74. The Morgan fingerprint density at radius 2 is 2.10 bits per heavy atom. The first-order valence-corrected chi connectivity index (χ1v) is 9.23. The van der Waals surface area contributed by atoms with Gasteiger partial charge in [-0.1, -0.05) is 18.9 Å². The molecule has 118 valence electrons. The molecule has 0 aromatic heterocycles. The summed E-state index contributed by atoms with van der Waals surface area (Å²) in [6, 6.07) is 5.06. The summed E-state index contributed by atoms with van der Waals surface area (Å²) in [5.41, 5.74) is 0.844. The molecule has 0 bridgehead atoms. The molecular weight excluding hydrogens is 310 g/mol. The lowest BCUT2D eigenvalue weighted by molar-refractivity contribution is 0.338. The Labute approximate surface area is 132 Å². The average molecular weight is 332 g/mol. The zero-order valence-corrected chi connectivity index (χ0v) is 14.1. The van der Waals surface area contributed by atoms with Crippen LogP contribution in [-0.4, -0.2) is 32.4 Å². The summed E-state index contributed by atoms with van der Waals surface area (Å²) in [5, 5.41) is 0. The summed E-state index contributed by atoms with van der Waals surface area (Å²) < 4.78 is 32.8. The molecule has 2 rings (SSSR count). The van der Waals surface area contributed by atoms with E-state index in [2.05, 4.69) is 0 Å². The topological polar surface area (TPSA) is 46.6 Å². The number of hydrogen-bond donors (Lipinski definition) is 0. The SMILES string of the molecule is COc1cc(CCl)ccc1S(=O)(=O)N1CCCCCC1C. The maximum atomic E-state index is 12.9. The van der Waals surface area contributed by atoms with Crippen molar-refractivity contribution < 1.29 is 13.2 Å². The van der Waals surface area contributed by atoms with E-state index in [0.29, 0.717) is 18.2 Å². The molecule has 1 unspecified atom stereocenters. The number of methoxy groups -OCH3 is 1. The lowest BCUT2D eigenvalue weighted by Crippen LogP contribution is -2.38. The number of alkyl halides is 1. The standard InChI is InChI=1S/C15H22ClNO3S/c1-12-6-4-3-5-9-17(12)21(18,19)15-8-7-13(11-16)10-14(15)20-2/h7-8,10,12H,3-6,9,11H2,1-2H3. The fraction of sp³-hybridized carbons (Fsp3) is 0.600. The number of benzene rings is 1. The van der Waals surface area contributed by atoms with Crippen LogP contribution in [0.2, 0.25) is 0 Å². The monoisotopic (exact) mass is 331 g/mol. The van der Waals surface area contributed by atoms with Crippen molar-refractivity contribution >= 4 is 21.6 Å². The maximum Gasteiger partial charge on any atom is 0.246 e. The van der Waals surface area contributed by atoms with Gasteiger partial charge in [-0.25, -0.2) is 8.42 Å². The largest absolute Gasteiger partial charge is 0.495 e. The molecular formula is C15H22ClNO3S. The summed E-state index contributed by atoms with van der Waals surface area (Å²) in [6.45, 7) is 2.55. The van der Waals surface area contributed by atoms with Gasteiger partial charge in [-0.15, -0.1) is 11.6 Å². The van der Waals surface area contributed by atoms with Gasteiger partial charge in [0, 0.05) is 18.5 Å². The summed E-state index contributed by atoms with van der Waals surface area (Å²) in [5.74, 6) is 0.696. The van der Waals surface area contributed by atoms with Gasteiger partial charge in [0.1, 0.15) is 10.6 Å². The molecule has 0 amide bonds. The molecule has 1 aromatic carbocycles. The molecule has 1 saturated heterocycles. The van der Waals surface area contributed by atoms with Crippen molar-refractivity contribution in [1.29, 1.82) is 0 Å². The molecule has 1 aromatic rings. The Morgan fingerprint density at radius 3 is 2.76 bits per heavy atom. The minimum Gasteiger partial charge on any atom is -0.495 e. The van der Waals surface area contributed by atoms with E-state index in [4.69, 9.17) is 16.3 Å². The van der Waals surface area contributed by atoms with Gasteiger partial charge in [-0.3, -0.25) is 0 Å². The maximum absolute atomic E-state index is 12.9. The third kappa shape index (κ3) is 3.52.